The lowest BCUT2D eigenvalue weighted by Crippen LogP contribution is -2.45. The number of rotatable bonds is 7. The molecule has 1 N–H and O–H groups in total. The molecule has 0 spiro atoms. The molecule has 0 aromatic rings. The van der Waals surface area contributed by atoms with Crippen molar-refractivity contribution in [2.45, 2.75) is 38.1 Å². The van der Waals surface area contributed by atoms with Crippen molar-refractivity contribution >= 4 is 0 Å². The monoisotopic (exact) mass is 256 g/mol. The van der Waals surface area contributed by atoms with Gasteiger partial charge in [-0.25, -0.2) is 0 Å². The molecule has 2 aliphatic rings. The van der Waals surface area contributed by atoms with E-state index in [1.165, 1.54) is 38.9 Å². The summed E-state index contributed by atoms with van der Waals surface area (Å²) in [5.74, 6) is 0. The molecule has 0 amide bonds. The molecule has 0 aliphatic carbocycles. The van der Waals surface area contributed by atoms with E-state index in [0.717, 1.165) is 45.2 Å². The molecule has 0 aromatic carbocycles. The average molecular weight is 256 g/mol. The minimum Gasteiger partial charge on any atom is -0.396 e. The Bertz CT molecular complexity index is 220. The second-order valence-corrected chi connectivity index (χ2v) is 5.53. The lowest BCUT2D eigenvalue weighted by molar-refractivity contribution is 0.0267. The first-order valence-electron chi connectivity index (χ1n) is 7.55. The van der Waals surface area contributed by atoms with Gasteiger partial charge in [0.25, 0.3) is 0 Å². The highest BCUT2D eigenvalue weighted by atomic mass is 16.5. The van der Waals surface area contributed by atoms with Gasteiger partial charge in [0.05, 0.1) is 13.2 Å². The van der Waals surface area contributed by atoms with Crippen LogP contribution in [0.5, 0.6) is 0 Å². The molecule has 2 fully saturated rings. The summed E-state index contributed by atoms with van der Waals surface area (Å²) in [6.07, 6.45) is 6.08. The van der Waals surface area contributed by atoms with E-state index in [4.69, 9.17) is 9.84 Å². The standard InChI is InChI=1S/C14H28N2O2/c17-10-3-1-2-6-16-7-4-5-14(16)13-15-8-11-18-12-9-15/h14,17H,1-13H2. The first-order chi connectivity index (χ1) is 8.90. The molecule has 2 aliphatic heterocycles. The third kappa shape index (κ3) is 4.50. The largest absolute Gasteiger partial charge is 0.396 e. The fourth-order valence-corrected chi connectivity index (χ4v) is 3.08. The Morgan fingerprint density at radius 3 is 2.67 bits per heavy atom. The second kappa shape index (κ2) is 8.10. The number of aliphatic hydroxyl groups excluding tert-OH is 1. The molecule has 2 saturated heterocycles. The fraction of sp³-hybridized carbons (Fsp3) is 1.00. The van der Waals surface area contributed by atoms with E-state index >= 15 is 0 Å². The smallest absolute Gasteiger partial charge is 0.0594 e. The van der Waals surface area contributed by atoms with E-state index in [0.29, 0.717) is 6.61 Å². The van der Waals surface area contributed by atoms with E-state index in [1.54, 1.807) is 0 Å². The van der Waals surface area contributed by atoms with Crippen molar-refractivity contribution in [3.05, 3.63) is 0 Å². The van der Waals surface area contributed by atoms with Gasteiger partial charge >= 0.3 is 0 Å². The van der Waals surface area contributed by atoms with Gasteiger partial charge in [-0.15, -0.1) is 0 Å². The van der Waals surface area contributed by atoms with Gasteiger partial charge in [0, 0.05) is 32.3 Å². The number of hydrogen-bond acceptors (Lipinski definition) is 4. The van der Waals surface area contributed by atoms with Crippen LogP contribution in [0.25, 0.3) is 0 Å². The maximum absolute atomic E-state index is 8.79. The molecule has 1 unspecified atom stereocenters. The van der Waals surface area contributed by atoms with Crippen LogP contribution >= 0.6 is 0 Å². The molecule has 106 valence electrons. The van der Waals surface area contributed by atoms with Gasteiger partial charge in [-0.3, -0.25) is 9.80 Å². The second-order valence-electron chi connectivity index (χ2n) is 5.53. The lowest BCUT2D eigenvalue weighted by Gasteiger charge is -2.33. The summed E-state index contributed by atoms with van der Waals surface area (Å²) in [7, 11) is 0. The number of unbranched alkanes of at least 4 members (excludes halogenated alkanes) is 2. The summed E-state index contributed by atoms with van der Waals surface area (Å²) in [5.41, 5.74) is 0. The van der Waals surface area contributed by atoms with Crippen LogP contribution in [0.4, 0.5) is 0 Å². The molecule has 0 aromatic heterocycles. The van der Waals surface area contributed by atoms with Crippen LogP contribution in [0.1, 0.15) is 32.1 Å². The van der Waals surface area contributed by atoms with Gasteiger partial charge in [0.15, 0.2) is 0 Å². The van der Waals surface area contributed by atoms with Gasteiger partial charge in [0.1, 0.15) is 0 Å². The highest BCUT2D eigenvalue weighted by Gasteiger charge is 2.26. The van der Waals surface area contributed by atoms with E-state index in [9.17, 15) is 0 Å². The van der Waals surface area contributed by atoms with Crippen molar-refractivity contribution in [3.63, 3.8) is 0 Å². The Kier molecular flexibility index (Phi) is 6.41. The molecule has 4 nitrogen and oxygen atoms in total. The normalized spacial score (nSPS) is 26.8. The van der Waals surface area contributed by atoms with Crippen molar-refractivity contribution in [1.29, 1.82) is 0 Å². The van der Waals surface area contributed by atoms with E-state index < -0.39 is 0 Å². The van der Waals surface area contributed by atoms with Crippen LogP contribution in [0.3, 0.4) is 0 Å². The predicted molar refractivity (Wildman–Crippen MR) is 72.8 cm³/mol. The molecular formula is C14H28N2O2. The average Bonchev–Trinajstić information content (AvgIpc) is 2.83. The highest BCUT2D eigenvalue weighted by molar-refractivity contribution is 4.82. The maximum Gasteiger partial charge on any atom is 0.0594 e. The van der Waals surface area contributed by atoms with Crippen molar-refractivity contribution in [2.75, 3.05) is 52.5 Å². The molecule has 0 saturated carbocycles. The van der Waals surface area contributed by atoms with Gasteiger partial charge in [-0.05, 0) is 45.2 Å². The van der Waals surface area contributed by atoms with Crippen LogP contribution in [0.15, 0.2) is 0 Å². The van der Waals surface area contributed by atoms with E-state index in [2.05, 4.69) is 9.80 Å². The van der Waals surface area contributed by atoms with Crippen LogP contribution in [-0.4, -0.2) is 73.5 Å². The Morgan fingerprint density at radius 1 is 1.06 bits per heavy atom. The zero-order valence-corrected chi connectivity index (χ0v) is 11.5. The minimum atomic E-state index is 0.344. The van der Waals surface area contributed by atoms with Gasteiger partial charge in [-0.2, -0.15) is 0 Å². The third-order valence-corrected chi connectivity index (χ3v) is 4.18. The first kappa shape index (κ1) is 14.3. The molecule has 2 rings (SSSR count). The predicted octanol–water partition coefficient (Wildman–Crippen LogP) is 0.946. The summed E-state index contributed by atoms with van der Waals surface area (Å²) in [6.45, 7) is 8.08. The van der Waals surface area contributed by atoms with Crippen LogP contribution in [0.2, 0.25) is 0 Å². The van der Waals surface area contributed by atoms with Crippen molar-refractivity contribution in [2.24, 2.45) is 0 Å². The van der Waals surface area contributed by atoms with Crippen LogP contribution < -0.4 is 0 Å². The van der Waals surface area contributed by atoms with Gasteiger partial charge < -0.3 is 9.84 Å². The van der Waals surface area contributed by atoms with Crippen molar-refractivity contribution in [1.82, 2.24) is 9.80 Å². The fourth-order valence-electron chi connectivity index (χ4n) is 3.08. The number of likely N-dealkylation sites (tertiary alicyclic amines) is 1. The Hall–Kier alpha value is -0.160. The minimum absolute atomic E-state index is 0.344. The topological polar surface area (TPSA) is 35.9 Å². The number of nitrogens with zero attached hydrogens (tertiary/aromatic N) is 2. The third-order valence-electron chi connectivity index (χ3n) is 4.18. The molecular weight excluding hydrogens is 228 g/mol. The number of morpholine rings is 1. The van der Waals surface area contributed by atoms with Gasteiger partial charge in [-0.1, -0.05) is 0 Å². The molecule has 2 heterocycles. The molecule has 1 atom stereocenters. The van der Waals surface area contributed by atoms with Gasteiger partial charge in [0.2, 0.25) is 0 Å². The lowest BCUT2D eigenvalue weighted by atomic mass is 10.2. The number of aliphatic hydroxyl groups is 1. The van der Waals surface area contributed by atoms with Crippen LogP contribution in [0, 0.1) is 0 Å². The Morgan fingerprint density at radius 2 is 1.89 bits per heavy atom. The zero-order chi connectivity index (χ0) is 12.6. The summed E-state index contributed by atoms with van der Waals surface area (Å²) in [6, 6.07) is 0.761. The number of hydrogen-bond donors (Lipinski definition) is 1. The molecule has 18 heavy (non-hydrogen) atoms. The Balaban J connectivity index is 1.66. The highest BCUT2D eigenvalue weighted by Crippen LogP contribution is 2.19. The molecule has 4 heteroatoms. The molecule has 0 bridgehead atoms. The van der Waals surface area contributed by atoms with Crippen molar-refractivity contribution in [3.8, 4) is 0 Å². The summed E-state index contributed by atoms with van der Waals surface area (Å²) in [5, 5.41) is 8.79. The molecule has 0 radical (unpaired) electrons. The van der Waals surface area contributed by atoms with Crippen molar-refractivity contribution < 1.29 is 9.84 Å². The maximum atomic E-state index is 8.79. The number of ether oxygens (including phenoxy) is 1. The van der Waals surface area contributed by atoms with Crippen LogP contribution in [-0.2, 0) is 4.74 Å². The summed E-state index contributed by atoms with van der Waals surface area (Å²) < 4.78 is 5.40. The Labute approximate surface area is 111 Å². The summed E-state index contributed by atoms with van der Waals surface area (Å²) >= 11 is 0. The summed E-state index contributed by atoms with van der Waals surface area (Å²) in [4.78, 5) is 5.22. The van der Waals surface area contributed by atoms with E-state index in [-0.39, 0.29) is 0 Å². The quantitative estimate of drug-likeness (QED) is 0.688. The van der Waals surface area contributed by atoms with E-state index in [1.807, 2.05) is 0 Å². The zero-order valence-electron chi connectivity index (χ0n) is 11.5. The first-order valence-corrected chi connectivity index (χ1v) is 7.55. The SMILES string of the molecule is OCCCCCN1CCCC1CN1CCOCC1.